The second-order valence-electron chi connectivity index (χ2n) is 5.18. The Morgan fingerprint density at radius 3 is 2.12 bits per heavy atom. The van der Waals surface area contributed by atoms with E-state index in [1.807, 2.05) is 6.92 Å². The van der Waals surface area contributed by atoms with E-state index in [0.717, 1.165) is 36.3 Å². The first kappa shape index (κ1) is 21.4. The van der Waals surface area contributed by atoms with Crippen molar-refractivity contribution >= 4 is 43.9 Å². The van der Waals surface area contributed by atoms with Crippen molar-refractivity contribution in [3.05, 3.63) is 23.3 Å². The van der Waals surface area contributed by atoms with Crippen LogP contribution in [0.1, 0.15) is 35.2 Å². The highest BCUT2D eigenvalue weighted by atomic mass is 32.1. The number of rotatable bonds is 12. The molecule has 0 aromatic heterocycles. The van der Waals surface area contributed by atoms with Crippen molar-refractivity contribution < 1.29 is 19.0 Å². The Bertz CT molecular complexity index is 509. The first-order valence-electron chi connectivity index (χ1n) is 8.04. The lowest BCUT2D eigenvalue weighted by atomic mass is 10.1. The summed E-state index contributed by atoms with van der Waals surface area (Å²) in [6.07, 6.45) is 2.38. The van der Waals surface area contributed by atoms with Crippen LogP contribution in [0.3, 0.4) is 0 Å². The Hall–Kier alpha value is -0.660. The van der Waals surface area contributed by atoms with Crippen LogP contribution >= 0.6 is 37.9 Å². The van der Waals surface area contributed by atoms with Crippen molar-refractivity contribution in [2.75, 3.05) is 37.1 Å². The number of hydrogen-bond acceptors (Lipinski definition) is 7. The van der Waals surface area contributed by atoms with E-state index < -0.39 is 0 Å². The largest absolute Gasteiger partial charge is 0.490 e. The number of carbonyl (C=O) groups is 1. The van der Waals surface area contributed by atoms with Gasteiger partial charge in [-0.25, -0.2) is 4.79 Å². The number of esters is 1. The van der Waals surface area contributed by atoms with Crippen LogP contribution in [0.15, 0.2) is 12.1 Å². The Balaban J connectivity index is 2.91. The smallest absolute Gasteiger partial charge is 0.338 e. The van der Waals surface area contributed by atoms with Gasteiger partial charge in [0.15, 0.2) is 11.5 Å². The average molecular weight is 391 g/mol. The van der Waals surface area contributed by atoms with Crippen molar-refractivity contribution in [3.63, 3.8) is 0 Å². The van der Waals surface area contributed by atoms with Gasteiger partial charge in [0, 0.05) is 0 Å². The Kier molecular flexibility index (Phi) is 11.3. The van der Waals surface area contributed by atoms with Crippen LogP contribution < -0.4 is 9.47 Å². The number of benzene rings is 1. The number of hydrogen-bond donors (Lipinski definition) is 3. The predicted octanol–water partition coefficient (Wildman–Crippen LogP) is 3.87. The molecule has 0 radical (unpaired) electrons. The van der Waals surface area contributed by atoms with E-state index in [0.29, 0.717) is 42.6 Å². The average Bonchev–Trinajstić information content (AvgIpc) is 2.57. The minimum Gasteiger partial charge on any atom is -0.490 e. The van der Waals surface area contributed by atoms with Crippen molar-refractivity contribution in [2.45, 2.75) is 26.2 Å². The quantitative estimate of drug-likeness (QED) is 0.288. The van der Waals surface area contributed by atoms with E-state index in [1.54, 1.807) is 12.1 Å². The van der Waals surface area contributed by atoms with E-state index in [-0.39, 0.29) is 5.97 Å². The van der Waals surface area contributed by atoms with Gasteiger partial charge in [0.1, 0.15) is 0 Å². The Morgan fingerprint density at radius 1 is 0.917 bits per heavy atom. The normalized spacial score (nSPS) is 10.5. The zero-order valence-electron chi connectivity index (χ0n) is 14.0. The zero-order chi connectivity index (χ0) is 17.8. The third kappa shape index (κ3) is 7.49. The van der Waals surface area contributed by atoms with Crippen LogP contribution in [0.5, 0.6) is 11.5 Å². The third-order valence-corrected chi connectivity index (χ3v) is 4.07. The predicted molar refractivity (Wildman–Crippen MR) is 108 cm³/mol. The molecule has 0 amide bonds. The summed E-state index contributed by atoms with van der Waals surface area (Å²) in [6, 6.07) is 3.45. The highest BCUT2D eigenvalue weighted by Crippen LogP contribution is 2.33. The van der Waals surface area contributed by atoms with E-state index in [4.69, 9.17) is 14.2 Å². The summed E-state index contributed by atoms with van der Waals surface area (Å²) in [6.45, 7) is 3.33. The maximum absolute atomic E-state index is 12.2. The van der Waals surface area contributed by atoms with Crippen LogP contribution in [0, 0.1) is 6.92 Å². The first-order valence-corrected chi connectivity index (χ1v) is 9.93. The lowest BCUT2D eigenvalue weighted by Gasteiger charge is -2.16. The number of carbonyl (C=O) groups excluding carboxylic acids is 1. The number of aryl methyl sites for hydroxylation is 1. The Labute approximate surface area is 160 Å². The summed E-state index contributed by atoms with van der Waals surface area (Å²) in [7, 11) is 0. The van der Waals surface area contributed by atoms with Gasteiger partial charge in [0.05, 0.1) is 25.4 Å². The molecule has 0 spiro atoms. The van der Waals surface area contributed by atoms with Crippen LogP contribution in [-0.4, -0.2) is 43.0 Å². The maximum atomic E-state index is 12.2. The van der Waals surface area contributed by atoms with Crippen LogP contribution in [0.2, 0.25) is 0 Å². The second-order valence-corrected chi connectivity index (χ2v) is 6.53. The van der Waals surface area contributed by atoms with Gasteiger partial charge in [-0.05, 0) is 61.1 Å². The van der Waals surface area contributed by atoms with Gasteiger partial charge in [0.2, 0.25) is 0 Å². The highest BCUT2D eigenvalue weighted by Gasteiger charge is 2.16. The fourth-order valence-corrected chi connectivity index (χ4v) is 2.34. The van der Waals surface area contributed by atoms with E-state index in [2.05, 4.69) is 37.9 Å². The van der Waals surface area contributed by atoms with Gasteiger partial charge in [0.25, 0.3) is 0 Å². The van der Waals surface area contributed by atoms with Gasteiger partial charge in [-0.3, -0.25) is 0 Å². The van der Waals surface area contributed by atoms with Gasteiger partial charge in [-0.2, -0.15) is 37.9 Å². The van der Waals surface area contributed by atoms with Crippen molar-refractivity contribution in [3.8, 4) is 11.5 Å². The number of ether oxygens (including phenoxy) is 3. The summed E-state index contributed by atoms with van der Waals surface area (Å²) >= 11 is 12.5. The molecule has 0 aliphatic heterocycles. The summed E-state index contributed by atoms with van der Waals surface area (Å²) in [4.78, 5) is 12.2. The molecule has 0 aliphatic rings. The molecule has 1 aromatic rings. The SMILES string of the molecule is Cc1cc(C(=O)OCCCS)cc(OCCCS)c1OCCCS. The van der Waals surface area contributed by atoms with Crippen molar-refractivity contribution in [1.82, 2.24) is 0 Å². The molecule has 0 unspecified atom stereocenters. The molecule has 0 bridgehead atoms. The fourth-order valence-electron chi connectivity index (χ4n) is 1.95. The van der Waals surface area contributed by atoms with Crippen molar-refractivity contribution in [1.29, 1.82) is 0 Å². The molecule has 0 N–H and O–H groups in total. The summed E-state index contributed by atoms with van der Waals surface area (Å²) in [5, 5.41) is 0. The van der Waals surface area contributed by atoms with Gasteiger partial charge in [-0.15, -0.1) is 0 Å². The van der Waals surface area contributed by atoms with E-state index in [1.165, 1.54) is 0 Å². The summed E-state index contributed by atoms with van der Waals surface area (Å²) in [5.41, 5.74) is 1.31. The third-order valence-electron chi connectivity index (χ3n) is 3.12. The topological polar surface area (TPSA) is 44.8 Å². The standard InChI is InChI=1S/C17H26O4S3/c1-13-11-14(17(18)21-7-4-10-24)12-15(19-5-2-8-22)16(13)20-6-3-9-23/h11-12,22-24H,2-10H2,1H3. The Morgan fingerprint density at radius 2 is 1.50 bits per heavy atom. The molecular weight excluding hydrogens is 364 g/mol. The zero-order valence-corrected chi connectivity index (χ0v) is 16.7. The molecule has 0 saturated heterocycles. The molecule has 1 aromatic carbocycles. The molecule has 0 atom stereocenters. The van der Waals surface area contributed by atoms with Crippen LogP contribution in [0.25, 0.3) is 0 Å². The van der Waals surface area contributed by atoms with Gasteiger partial charge >= 0.3 is 5.97 Å². The van der Waals surface area contributed by atoms with Crippen molar-refractivity contribution in [2.24, 2.45) is 0 Å². The first-order chi connectivity index (χ1) is 11.6. The number of thiol groups is 3. The molecule has 7 heteroatoms. The summed E-state index contributed by atoms with van der Waals surface area (Å²) < 4.78 is 16.8. The monoisotopic (exact) mass is 390 g/mol. The molecule has 0 heterocycles. The maximum Gasteiger partial charge on any atom is 0.338 e. The van der Waals surface area contributed by atoms with Gasteiger partial charge in [-0.1, -0.05) is 0 Å². The van der Waals surface area contributed by atoms with Gasteiger partial charge < -0.3 is 14.2 Å². The fraction of sp³-hybridized carbons (Fsp3) is 0.588. The minimum absolute atomic E-state index is 0.359. The second kappa shape index (κ2) is 12.7. The summed E-state index contributed by atoms with van der Waals surface area (Å²) in [5.74, 6) is 3.05. The molecule has 0 aliphatic carbocycles. The highest BCUT2D eigenvalue weighted by molar-refractivity contribution is 7.80. The molecular formula is C17H26O4S3. The van der Waals surface area contributed by atoms with E-state index >= 15 is 0 Å². The molecule has 24 heavy (non-hydrogen) atoms. The van der Waals surface area contributed by atoms with Crippen LogP contribution in [0.4, 0.5) is 0 Å². The lowest BCUT2D eigenvalue weighted by molar-refractivity contribution is 0.0505. The minimum atomic E-state index is -0.360. The molecule has 136 valence electrons. The molecule has 4 nitrogen and oxygen atoms in total. The lowest BCUT2D eigenvalue weighted by Crippen LogP contribution is -2.10. The molecule has 0 saturated carbocycles. The van der Waals surface area contributed by atoms with Crippen LogP contribution in [-0.2, 0) is 4.74 Å². The van der Waals surface area contributed by atoms with E-state index in [9.17, 15) is 4.79 Å². The molecule has 1 rings (SSSR count). The molecule has 0 fully saturated rings.